The van der Waals surface area contributed by atoms with Crippen LogP contribution in [0.1, 0.15) is 12.5 Å². The fraction of sp³-hybridized carbons (Fsp3) is 0.200. The van der Waals surface area contributed by atoms with Gasteiger partial charge in [-0.15, -0.1) is 0 Å². The molecule has 0 saturated heterocycles. The van der Waals surface area contributed by atoms with Gasteiger partial charge in [0.1, 0.15) is 18.4 Å². The molecule has 0 radical (unpaired) electrons. The lowest BCUT2D eigenvalue weighted by atomic mass is 10.1. The quantitative estimate of drug-likeness (QED) is 0.467. The summed E-state index contributed by atoms with van der Waals surface area (Å²) in [4.78, 5) is 27.2. The SMILES string of the molecule is CNC(=O)C(C)N(Cc1ccc(F)cc1)C(=O)CN(c1ccccc1)S(=O)(=O)c1ccc(Cl)cc1. The van der Waals surface area contributed by atoms with Gasteiger partial charge in [-0.2, -0.15) is 0 Å². The molecule has 1 unspecified atom stereocenters. The highest BCUT2D eigenvalue weighted by atomic mass is 35.5. The van der Waals surface area contributed by atoms with Gasteiger partial charge in [-0.3, -0.25) is 13.9 Å². The molecule has 0 spiro atoms. The second kappa shape index (κ2) is 11.3. The number of sulfonamides is 1. The molecule has 3 aromatic carbocycles. The summed E-state index contributed by atoms with van der Waals surface area (Å²) in [7, 11) is -2.71. The number of hydrogen-bond acceptors (Lipinski definition) is 4. The Morgan fingerprint density at radius 1 is 0.971 bits per heavy atom. The van der Waals surface area contributed by atoms with E-state index in [2.05, 4.69) is 5.32 Å². The van der Waals surface area contributed by atoms with Gasteiger partial charge in [0.05, 0.1) is 10.6 Å². The first-order chi connectivity index (χ1) is 16.6. The Hall–Kier alpha value is -3.43. The normalized spacial score (nSPS) is 12.0. The van der Waals surface area contributed by atoms with E-state index in [9.17, 15) is 22.4 Å². The predicted molar refractivity (Wildman–Crippen MR) is 133 cm³/mol. The number of rotatable bonds is 9. The van der Waals surface area contributed by atoms with Crippen LogP contribution in [0.15, 0.2) is 83.8 Å². The fourth-order valence-corrected chi connectivity index (χ4v) is 4.97. The van der Waals surface area contributed by atoms with E-state index in [-0.39, 0.29) is 17.1 Å². The highest BCUT2D eigenvalue weighted by Crippen LogP contribution is 2.25. The number of para-hydroxylation sites is 1. The molecule has 0 heterocycles. The van der Waals surface area contributed by atoms with Gasteiger partial charge in [-0.25, -0.2) is 12.8 Å². The maximum Gasteiger partial charge on any atom is 0.264 e. The second-order valence-corrected chi connectivity index (χ2v) is 10.0. The van der Waals surface area contributed by atoms with Gasteiger partial charge in [0.25, 0.3) is 10.0 Å². The lowest BCUT2D eigenvalue weighted by molar-refractivity contribution is -0.139. The van der Waals surface area contributed by atoms with Crippen LogP contribution in [0.25, 0.3) is 0 Å². The Bertz CT molecular complexity index is 1270. The number of halogens is 2. The molecule has 2 amide bonds. The van der Waals surface area contributed by atoms with Crippen molar-refractivity contribution in [1.82, 2.24) is 10.2 Å². The molecule has 7 nitrogen and oxygen atoms in total. The van der Waals surface area contributed by atoms with Gasteiger partial charge in [-0.1, -0.05) is 41.9 Å². The minimum absolute atomic E-state index is 0.0165. The zero-order chi connectivity index (χ0) is 25.6. The largest absolute Gasteiger partial charge is 0.357 e. The smallest absolute Gasteiger partial charge is 0.264 e. The topological polar surface area (TPSA) is 86.8 Å². The Morgan fingerprint density at radius 3 is 2.14 bits per heavy atom. The number of nitrogens with zero attached hydrogens (tertiary/aromatic N) is 2. The van der Waals surface area contributed by atoms with Gasteiger partial charge in [0, 0.05) is 18.6 Å². The minimum Gasteiger partial charge on any atom is -0.357 e. The van der Waals surface area contributed by atoms with Crippen LogP contribution < -0.4 is 9.62 Å². The second-order valence-electron chi connectivity index (χ2n) is 7.74. The van der Waals surface area contributed by atoms with E-state index in [1.54, 1.807) is 37.3 Å². The van der Waals surface area contributed by atoms with Crippen LogP contribution in [0.3, 0.4) is 0 Å². The van der Waals surface area contributed by atoms with E-state index in [0.29, 0.717) is 10.6 Å². The Morgan fingerprint density at radius 2 is 1.57 bits per heavy atom. The lowest BCUT2D eigenvalue weighted by Gasteiger charge is -2.31. The third kappa shape index (κ3) is 6.37. The molecule has 3 aromatic rings. The van der Waals surface area contributed by atoms with Crippen molar-refractivity contribution in [2.45, 2.75) is 24.4 Å². The number of anilines is 1. The molecule has 0 saturated carbocycles. The summed E-state index contributed by atoms with van der Waals surface area (Å²) >= 11 is 5.92. The molecule has 184 valence electrons. The van der Waals surface area contributed by atoms with Crippen LogP contribution in [-0.4, -0.2) is 44.8 Å². The summed E-state index contributed by atoms with van der Waals surface area (Å²) in [6.45, 7) is 0.968. The lowest BCUT2D eigenvalue weighted by Crippen LogP contribution is -2.50. The van der Waals surface area contributed by atoms with Crippen LogP contribution in [0, 0.1) is 5.82 Å². The number of benzene rings is 3. The van der Waals surface area contributed by atoms with Gasteiger partial charge in [-0.05, 0) is 61.0 Å². The average Bonchev–Trinajstić information content (AvgIpc) is 2.86. The van der Waals surface area contributed by atoms with Crippen molar-refractivity contribution in [3.05, 3.63) is 95.3 Å². The summed E-state index contributed by atoms with van der Waals surface area (Å²) < 4.78 is 41.5. The molecule has 0 bridgehead atoms. The molecule has 1 atom stereocenters. The van der Waals surface area contributed by atoms with Crippen LogP contribution in [0.5, 0.6) is 0 Å². The van der Waals surface area contributed by atoms with Crippen molar-refractivity contribution in [2.75, 3.05) is 17.9 Å². The number of nitrogens with one attached hydrogen (secondary N) is 1. The highest BCUT2D eigenvalue weighted by molar-refractivity contribution is 7.92. The van der Waals surface area contributed by atoms with Crippen LogP contribution in [0.4, 0.5) is 10.1 Å². The van der Waals surface area contributed by atoms with Crippen molar-refractivity contribution in [1.29, 1.82) is 0 Å². The first-order valence-electron chi connectivity index (χ1n) is 10.7. The number of carbonyl (C=O) groups excluding carboxylic acids is 2. The summed E-state index contributed by atoms with van der Waals surface area (Å²) in [5.74, 6) is -1.46. The van der Waals surface area contributed by atoms with E-state index in [1.807, 2.05) is 0 Å². The third-order valence-corrected chi connectivity index (χ3v) is 7.44. The maximum atomic E-state index is 13.5. The Labute approximate surface area is 209 Å². The summed E-state index contributed by atoms with van der Waals surface area (Å²) in [5.41, 5.74) is 0.868. The summed E-state index contributed by atoms with van der Waals surface area (Å²) in [5, 5.41) is 2.88. The first kappa shape index (κ1) is 26.2. The van der Waals surface area contributed by atoms with Gasteiger partial charge >= 0.3 is 0 Å². The van der Waals surface area contributed by atoms with Crippen molar-refractivity contribution < 1.29 is 22.4 Å². The molecular formula is C25H25ClFN3O4S. The molecule has 0 aromatic heterocycles. The summed E-state index contributed by atoms with van der Waals surface area (Å²) in [6, 6.07) is 18.4. The fourth-order valence-electron chi connectivity index (χ4n) is 3.43. The molecular weight excluding hydrogens is 493 g/mol. The molecule has 0 fully saturated rings. The molecule has 0 aliphatic heterocycles. The first-order valence-corrected chi connectivity index (χ1v) is 12.5. The Balaban J connectivity index is 1.99. The molecule has 10 heteroatoms. The van der Waals surface area contributed by atoms with E-state index < -0.39 is 40.2 Å². The van der Waals surface area contributed by atoms with E-state index in [4.69, 9.17) is 11.6 Å². The predicted octanol–water partition coefficient (Wildman–Crippen LogP) is 3.84. The number of hydrogen-bond donors (Lipinski definition) is 1. The monoisotopic (exact) mass is 517 g/mol. The van der Waals surface area contributed by atoms with Gasteiger partial charge in [0.2, 0.25) is 11.8 Å². The number of amides is 2. The van der Waals surface area contributed by atoms with Gasteiger partial charge < -0.3 is 10.2 Å². The molecule has 1 N–H and O–H groups in total. The zero-order valence-corrected chi connectivity index (χ0v) is 20.8. The molecule has 0 aliphatic rings. The van der Waals surface area contributed by atoms with Crippen molar-refractivity contribution in [2.24, 2.45) is 0 Å². The molecule has 0 aliphatic carbocycles. The van der Waals surface area contributed by atoms with E-state index >= 15 is 0 Å². The summed E-state index contributed by atoms with van der Waals surface area (Å²) in [6.07, 6.45) is 0. The molecule has 35 heavy (non-hydrogen) atoms. The van der Waals surface area contributed by atoms with Crippen molar-refractivity contribution in [3.8, 4) is 0 Å². The van der Waals surface area contributed by atoms with Gasteiger partial charge in [0.15, 0.2) is 0 Å². The number of carbonyl (C=O) groups is 2. The minimum atomic E-state index is -4.15. The average molecular weight is 518 g/mol. The number of likely N-dealkylation sites (N-methyl/N-ethyl adjacent to an activating group) is 1. The van der Waals surface area contributed by atoms with Crippen molar-refractivity contribution >= 4 is 39.1 Å². The maximum absolute atomic E-state index is 13.5. The van der Waals surface area contributed by atoms with E-state index in [1.165, 1.54) is 60.5 Å². The standard InChI is InChI=1S/C25H25ClFN3O4S/c1-18(25(32)28-2)29(16-19-8-12-21(27)13-9-19)24(31)17-30(22-6-4-3-5-7-22)35(33,34)23-14-10-20(26)11-15-23/h3-15,18H,16-17H2,1-2H3,(H,28,32). The van der Waals surface area contributed by atoms with Crippen molar-refractivity contribution in [3.63, 3.8) is 0 Å². The van der Waals surface area contributed by atoms with Crippen LogP contribution in [0.2, 0.25) is 5.02 Å². The third-order valence-electron chi connectivity index (χ3n) is 5.40. The molecule has 3 rings (SSSR count). The van der Waals surface area contributed by atoms with E-state index in [0.717, 1.165) is 4.31 Å². The zero-order valence-electron chi connectivity index (χ0n) is 19.2. The Kier molecular flexibility index (Phi) is 8.48. The van der Waals surface area contributed by atoms with Crippen LogP contribution in [-0.2, 0) is 26.2 Å². The highest BCUT2D eigenvalue weighted by Gasteiger charge is 2.32. The van der Waals surface area contributed by atoms with Crippen LogP contribution >= 0.6 is 11.6 Å².